The molecule has 4 rings (SSSR count). The molecule has 0 bridgehead atoms. The molecular weight excluding hydrogens is 371 g/mol. The number of ether oxygens (including phenoxy) is 1. The summed E-state index contributed by atoms with van der Waals surface area (Å²) in [4.78, 5) is 26.4. The summed E-state index contributed by atoms with van der Waals surface area (Å²) in [6.45, 7) is 1.95. The van der Waals surface area contributed by atoms with Crippen molar-refractivity contribution in [2.45, 2.75) is 50.2 Å². The summed E-state index contributed by atoms with van der Waals surface area (Å²) in [6.07, 6.45) is 5.63. The van der Waals surface area contributed by atoms with E-state index in [0.29, 0.717) is 18.0 Å². The predicted octanol–water partition coefficient (Wildman–Crippen LogP) is 3.16. The van der Waals surface area contributed by atoms with E-state index in [1.165, 1.54) is 18.2 Å². The standard InChI is InChI=1S/C20H24ClFN2O3/c21-16-11-14(3-4-17(16)22)18(25)23-12-15-5-6-20(27-15)7-9-24(10-8-20)19(26)13-1-2-13/h3-4,11,13,15H,1-2,5-10,12H2,(H,23,25)/t15-/m1/s1. The molecule has 0 radical (unpaired) electrons. The molecule has 1 aromatic rings. The van der Waals surface area contributed by atoms with Gasteiger partial charge in [0.25, 0.3) is 5.91 Å². The summed E-state index contributed by atoms with van der Waals surface area (Å²) in [7, 11) is 0. The van der Waals surface area contributed by atoms with Crippen LogP contribution in [0, 0.1) is 11.7 Å². The number of piperidine rings is 1. The van der Waals surface area contributed by atoms with E-state index in [9.17, 15) is 14.0 Å². The number of carbonyl (C=O) groups excluding carboxylic acids is 2. The van der Waals surface area contributed by atoms with Crippen molar-refractivity contribution in [1.29, 1.82) is 0 Å². The van der Waals surface area contributed by atoms with Crippen LogP contribution in [0.2, 0.25) is 5.02 Å². The van der Waals surface area contributed by atoms with E-state index in [1.807, 2.05) is 4.90 Å². The molecule has 1 N–H and O–H groups in total. The van der Waals surface area contributed by atoms with E-state index in [-0.39, 0.29) is 28.6 Å². The highest BCUT2D eigenvalue weighted by Gasteiger charge is 2.44. The van der Waals surface area contributed by atoms with Gasteiger partial charge in [-0.05, 0) is 56.7 Å². The van der Waals surface area contributed by atoms with Crippen LogP contribution in [0.3, 0.4) is 0 Å². The Bertz CT molecular complexity index is 745. The van der Waals surface area contributed by atoms with Gasteiger partial charge in [0.2, 0.25) is 5.91 Å². The van der Waals surface area contributed by atoms with Gasteiger partial charge in [-0.3, -0.25) is 9.59 Å². The van der Waals surface area contributed by atoms with Crippen molar-refractivity contribution in [2.75, 3.05) is 19.6 Å². The second-order valence-corrected chi connectivity index (χ2v) is 8.31. The normalized spacial score (nSPS) is 24.2. The van der Waals surface area contributed by atoms with Crippen LogP contribution in [0.4, 0.5) is 4.39 Å². The number of amides is 2. The zero-order chi connectivity index (χ0) is 19.0. The molecule has 7 heteroatoms. The van der Waals surface area contributed by atoms with E-state index >= 15 is 0 Å². The number of hydrogen-bond donors (Lipinski definition) is 1. The lowest BCUT2D eigenvalue weighted by Gasteiger charge is -2.39. The monoisotopic (exact) mass is 394 g/mol. The fourth-order valence-electron chi connectivity index (χ4n) is 4.08. The number of rotatable bonds is 4. The van der Waals surface area contributed by atoms with Crippen LogP contribution in [0.5, 0.6) is 0 Å². The van der Waals surface area contributed by atoms with Crippen LogP contribution < -0.4 is 5.32 Å². The van der Waals surface area contributed by atoms with E-state index < -0.39 is 5.82 Å². The Morgan fingerprint density at radius 2 is 1.96 bits per heavy atom. The second kappa shape index (κ2) is 7.40. The minimum atomic E-state index is -0.541. The Morgan fingerprint density at radius 3 is 2.63 bits per heavy atom. The third kappa shape index (κ3) is 4.11. The van der Waals surface area contributed by atoms with Crippen LogP contribution in [-0.4, -0.2) is 48.1 Å². The summed E-state index contributed by atoms with van der Waals surface area (Å²) in [5, 5.41) is 2.79. The molecule has 2 amide bonds. The highest BCUT2D eigenvalue weighted by Crippen LogP contribution is 2.40. The molecule has 0 unspecified atom stereocenters. The van der Waals surface area contributed by atoms with Crippen molar-refractivity contribution >= 4 is 23.4 Å². The Labute approximate surface area is 163 Å². The van der Waals surface area contributed by atoms with E-state index in [1.54, 1.807) is 0 Å². The topological polar surface area (TPSA) is 58.6 Å². The van der Waals surface area contributed by atoms with Gasteiger partial charge in [0.1, 0.15) is 5.82 Å². The summed E-state index contributed by atoms with van der Waals surface area (Å²) in [5.74, 6) is -0.247. The zero-order valence-electron chi connectivity index (χ0n) is 15.2. The molecule has 27 heavy (non-hydrogen) atoms. The van der Waals surface area contributed by atoms with Gasteiger partial charge >= 0.3 is 0 Å². The molecule has 5 nitrogen and oxygen atoms in total. The molecule has 3 fully saturated rings. The van der Waals surface area contributed by atoms with Crippen molar-refractivity contribution in [1.82, 2.24) is 10.2 Å². The number of benzene rings is 1. The lowest BCUT2D eigenvalue weighted by atomic mass is 9.88. The fraction of sp³-hybridized carbons (Fsp3) is 0.600. The largest absolute Gasteiger partial charge is 0.370 e. The molecule has 2 heterocycles. The van der Waals surface area contributed by atoms with Crippen LogP contribution >= 0.6 is 11.6 Å². The summed E-state index contributed by atoms with van der Waals surface area (Å²) in [5.41, 5.74) is 0.176. The molecule has 1 aliphatic carbocycles. The average molecular weight is 395 g/mol. The lowest BCUT2D eigenvalue weighted by Crippen LogP contribution is -2.47. The molecule has 2 saturated heterocycles. The van der Waals surface area contributed by atoms with Crippen LogP contribution in [0.1, 0.15) is 48.9 Å². The molecular formula is C20H24ClFN2O3. The van der Waals surface area contributed by atoms with Crippen LogP contribution in [0.25, 0.3) is 0 Å². The number of carbonyl (C=O) groups is 2. The van der Waals surface area contributed by atoms with E-state index in [2.05, 4.69) is 5.32 Å². The minimum absolute atomic E-state index is 0.0319. The highest BCUT2D eigenvalue weighted by atomic mass is 35.5. The molecule has 2 aliphatic heterocycles. The second-order valence-electron chi connectivity index (χ2n) is 7.90. The third-order valence-corrected chi connectivity index (χ3v) is 6.21. The number of nitrogens with one attached hydrogen (secondary N) is 1. The molecule has 1 atom stereocenters. The number of nitrogens with zero attached hydrogens (tertiary/aromatic N) is 1. The van der Waals surface area contributed by atoms with Crippen molar-refractivity contribution in [3.05, 3.63) is 34.6 Å². The van der Waals surface area contributed by atoms with Gasteiger partial charge in [0.05, 0.1) is 16.7 Å². The van der Waals surface area contributed by atoms with Crippen molar-refractivity contribution in [3.63, 3.8) is 0 Å². The van der Waals surface area contributed by atoms with Crippen molar-refractivity contribution in [2.24, 2.45) is 5.92 Å². The summed E-state index contributed by atoms with van der Waals surface area (Å²) >= 11 is 5.73. The maximum atomic E-state index is 13.2. The minimum Gasteiger partial charge on any atom is -0.370 e. The van der Waals surface area contributed by atoms with Crippen LogP contribution in [-0.2, 0) is 9.53 Å². The molecule has 3 aliphatic rings. The first-order chi connectivity index (χ1) is 13.0. The first-order valence-corrected chi connectivity index (χ1v) is 10.0. The molecule has 146 valence electrons. The average Bonchev–Trinajstić information content (AvgIpc) is 3.45. The lowest BCUT2D eigenvalue weighted by molar-refractivity contribution is -0.138. The van der Waals surface area contributed by atoms with Crippen molar-refractivity contribution in [3.8, 4) is 0 Å². The van der Waals surface area contributed by atoms with Gasteiger partial charge in [0, 0.05) is 31.1 Å². The smallest absolute Gasteiger partial charge is 0.251 e. The molecule has 0 aromatic heterocycles. The first kappa shape index (κ1) is 18.7. The van der Waals surface area contributed by atoms with Gasteiger partial charge in [-0.25, -0.2) is 4.39 Å². The van der Waals surface area contributed by atoms with Gasteiger partial charge in [-0.15, -0.1) is 0 Å². The van der Waals surface area contributed by atoms with Gasteiger partial charge in [-0.2, -0.15) is 0 Å². The predicted molar refractivity (Wildman–Crippen MR) is 99.1 cm³/mol. The van der Waals surface area contributed by atoms with E-state index in [4.69, 9.17) is 16.3 Å². The van der Waals surface area contributed by atoms with Crippen molar-refractivity contribution < 1.29 is 18.7 Å². The zero-order valence-corrected chi connectivity index (χ0v) is 15.9. The number of likely N-dealkylation sites (tertiary alicyclic amines) is 1. The van der Waals surface area contributed by atoms with E-state index in [0.717, 1.165) is 51.6 Å². The maximum absolute atomic E-state index is 13.2. The molecule has 1 spiro atoms. The van der Waals surface area contributed by atoms with Gasteiger partial charge in [0.15, 0.2) is 0 Å². The molecule has 1 aromatic carbocycles. The van der Waals surface area contributed by atoms with Gasteiger partial charge < -0.3 is 15.0 Å². The Balaban J connectivity index is 1.25. The Hall–Kier alpha value is -1.66. The van der Waals surface area contributed by atoms with Gasteiger partial charge in [-0.1, -0.05) is 11.6 Å². The third-order valence-electron chi connectivity index (χ3n) is 5.92. The highest BCUT2D eigenvalue weighted by molar-refractivity contribution is 6.31. The van der Waals surface area contributed by atoms with Crippen LogP contribution in [0.15, 0.2) is 18.2 Å². The SMILES string of the molecule is O=C(NC[C@H]1CCC2(CCN(C(=O)C3CC3)CC2)O1)c1ccc(F)c(Cl)c1. The Morgan fingerprint density at radius 1 is 1.22 bits per heavy atom. The fourth-order valence-corrected chi connectivity index (χ4v) is 4.26. The Kier molecular flexibility index (Phi) is 5.12. The number of hydrogen-bond acceptors (Lipinski definition) is 3. The maximum Gasteiger partial charge on any atom is 0.251 e. The summed E-state index contributed by atoms with van der Waals surface area (Å²) in [6, 6.07) is 3.94. The quantitative estimate of drug-likeness (QED) is 0.853. The summed E-state index contributed by atoms with van der Waals surface area (Å²) < 4.78 is 19.5. The molecule has 1 saturated carbocycles. The first-order valence-electron chi connectivity index (χ1n) is 9.66. The number of halogens is 2.